The molecule has 2 aliphatic rings. The van der Waals surface area contributed by atoms with E-state index in [-0.39, 0.29) is 37.7 Å². The number of aliphatic hydroxyl groups excluding tert-OH is 1. The SMILES string of the molecule is C[C@@H]1[C@H](CSc2ccccn2)O[C@H](c2ccc(NC(=O)[C@@H]3CCCN3C(=O)C(F)(F)F)cc2)O[C@@H]1c1ccc(CO)cc1. The maximum atomic E-state index is 13.0. The van der Waals surface area contributed by atoms with Crippen molar-refractivity contribution in [2.45, 2.75) is 62.1 Å². The van der Waals surface area contributed by atoms with Crippen molar-refractivity contribution in [3.8, 4) is 0 Å². The van der Waals surface area contributed by atoms with E-state index in [0.29, 0.717) is 28.3 Å². The zero-order valence-electron chi connectivity index (χ0n) is 23.4. The minimum absolute atomic E-state index is 0.0141. The Labute approximate surface area is 251 Å². The number of pyridine rings is 1. The van der Waals surface area contributed by atoms with E-state index in [1.54, 1.807) is 42.2 Å². The van der Waals surface area contributed by atoms with Crippen molar-refractivity contribution >= 4 is 29.3 Å². The highest BCUT2D eigenvalue weighted by atomic mass is 32.2. The largest absolute Gasteiger partial charge is 0.471 e. The molecule has 228 valence electrons. The highest BCUT2D eigenvalue weighted by molar-refractivity contribution is 7.99. The molecule has 0 spiro atoms. The van der Waals surface area contributed by atoms with Gasteiger partial charge in [-0.25, -0.2) is 4.98 Å². The van der Waals surface area contributed by atoms with E-state index in [9.17, 15) is 27.9 Å². The van der Waals surface area contributed by atoms with Gasteiger partial charge in [-0.05, 0) is 48.2 Å². The van der Waals surface area contributed by atoms with Crippen molar-refractivity contribution in [3.63, 3.8) is 0 Å². The van der Waals surface area contributed by atoms with Gasteiger partial charge in [0.2, 0.25) is 5.91 Å². The molecule has 2 fully saturated rings. The summed E-state index contributed by atoms with van der Waals surface area (Å²) in [5.41, 5.74) is 2.82. The molecule has 12 heteroatoms. The molecular formula is C31H32F3N3O5S. The minimum Gasteiger partial charge on any atom is -0.392 e. The summed E-state index contributed by atoms with van der Waals surface area (Å²) in [7, 11) is 0. The predicted molar refractivity (Wildman–Crippen MR) is 154 cm³/mol. The molecule has 0 aliphatic carbocycles. The number of benzene rings is 2. The van der Waals surface area contributed by atoms with Crippen LogP contribution in [0.2, 0.25) is 0 Å². The van der Waals surface area contributed by atoms with Crippen LogP contribution in [0.15, 0.2) is 78.0 Å². The van der Waals surface area contributed by atoms with Crippen LogP contribution in [-0.2, 0) is 25.7 Å². The lowest BCUT2D eigenvalue weighted by Crippen LogP contribution is -2.48. The Morgan fingerprint density at radius 3 is 2.42 bits per heavy atom. The number of nitrogens with one attached hydrogen (secondary N) is 1. The standard InChI is InChI=1S/C31H32F3N3O5S/c1-19-25(18-43-26-6-2-3-15-35-26)41-29(42-27(19)21-9-7-20(17-38)8-10-21)22-11-13-23(14-12-22)36-28(39)24-5-4-16-37(24)30(40)31(32,33)34/h2-3,6-15,19,24-25,27,29,38H,4-5,16-18H2,1H3,(H,36,39)/t19-,24+,25+,27+,29+/m1/s1. The monoisotopic (exact) mass is 615 g/mol. The molecule has 5 atom stereocenters. The number of aromatic nitrogens is 1. The van der Waals surface area contributed by atoms with E-state index in [1.807, 2.05) is 42.5 Å². The van der Waals surface area contributed by atoms with Crippen LogP contribution < -0.4 is 5.32 Å². The summed E-state index contributed by atoms with van der Waals surface area (Å²) in [4.78, 5) is 29.6. The number of alkyl halides is 3. The van der Waals surface area contributed by atoms with Gasteiger partial charge in [-0.1, -0.05) is 49.4 Å². The molecule has 0 unspecified atom stereocenters. The molecule has 2 aromatic carbocycles. The third-order valence-electron chi connectivity index (χ3n) is 7.67. The second kappa shape index (κ2) is 13.5. The van der Waals surface area contributed by atoms with E-state index in [0.717, 1.165) is 16.2 Å². The quantitative estimate of drug-likeness (QED) is 0.316. The molecule has 1 aromatic heterocycles. The Kier molecular flexibility index (Phi) is 9.70. The average molecular weight is 616 g/mol. The molecule has 5 rings (SSSR count). The molecular weight excluding hydrogens is 583 g/mol. The molecule has 2 amide bonds. The van der Waals surface area contributed by atoms with Gasteiger partial charge < -0.3 is 24.8 Å². The summed E-state index contributed by atoms with van der Waals surface area (Å²) < 4.78 is 51.8. The molecule has 3 aromatic rings. The van der Waals surface area contributed by atoms with E-state index < -0.39 is 30.3 Å². The number of likely N-dealkylation sites (tertiary alicyclic amines) is 1. The molecule has 43 heavy (non-hydrogen) atoms. The highest BCUT2D eigenvalue weighted by Gasteiger charge is 2.47. The second-order valence-corrected chi connectivity index (χ2v) is 11.6. The van der Waals surface area contributed by atoms with E-state index >= 15 is 0 Å². The summed E-state index contributed by atoms with van der Waals surface area (Å²) in [5.74, 6) is -2.05. The highest BCUT2D eigenvalue weighted by Crippen LogP contribution is 2.43. The second-order valence-electron chi connectivity index (χ2n) is 10.6. The molecule has 2 aliphatic heterocycles. The topological polar surface area (TPSA) is 101 Å². The lowest BCUT2D eigenvalue weighted by molar-refractivity contribution is -0.268. The Bertz CT molecular complexity index is 1390. The number of rotatable bonds is 8. The molecule has 2 N–H and O–H groups in total. The fourth-order valence-electron chi connectivity index (χ4n) is 5.30. The first kappa shape index (κ1) is 31.0. The van der Waals surface area contributed by atoms with Crippen LogP contribution in [0, 0.1) is 5.92 Å². The van der Waals surface area contributed by atoms with Crippen LogP contribution in [0.4, 0.5) is 18.9 Å². The summed E-state index contributed by atoms with van der Waals surface area (Å²) in [6.07, 6.45) is -4.05. The number of nitrogens with zero attached hydrogens (tertiary/aromatic N) is 2. The number of carbonyl (C=O) groups excluding carboxylic acids is 2. The lowest BCUT2D eigenvalue weighted by atomic mass is 9.91. The number of halogens is 3. The minimum atomic E-state index is -5.03. The summed E-state index contributed by atoms with van der Waals surface area (Å²) in [5, 5.41) is 13.0. The number of aliphatic hydroxyl groups is 1. The predicted octanol–water partition coefficient (Wildman–Crippen LogP) is 5.65. The maximum Gasteiger partial charge on any atom is 0.471 e. The van der Waals surface area contributed by atoms with Crippen LogP contribution in [0.1, 0.15) is 48.8 Å². The molecule has 0 radical (unpaired) electrons. The fourth-order valence-corrected chi connectivity index (χ4v) is 6.33. The number of thioether (sulfide) groups is 1. The van der Waals surface area contributed by atoms with Crippen LogP contribution in [0.25, 0.3) is 0 Å². The summed E-state index contributed by atoms with van der Waals surface area (Å²) in [6.45, 7) is 1.89. The first-order chi connectivity index (χ1) is 20.6. The van der Waals surface area contributed by atoms with Gasteiger partial charge >= 0.3 is 12.1 Å². The van der Waals surface area contributed by atoms with Gasteiger partial charge in [0.25, 0.3) is 0 Å². The number of amides is 2. The third kappa shape index (κ3) is 7.38. The maximum absolute atomic E-state index is 13.0. The Hall–Kier alpha value is -3.45. The summed E-state index contributed by atoms with van der Waals surface area (Å²) >= 11 is 1.59. The Morgan fingerprint density at radius 2 is 1.77 bits per heavy atom. The van der Waals surface area contributed by atoms with Crippen LogP contribution in [-0.4, -0.2) is 57.4 Å². The normalized spacial score (nSPS) is 24.1. The molecule has 2 saturated heterocycles. The zero-order valence-corrected chi connectivity index (χ0v) is 24.2. The number of anilines is 1. The first-order valence-corrected chi connectivity index (χ1v) is 15.0. The van der Waals surface area contributed by atoms with Crippen molar-refractivity contribution < 1.29 is 37.3 Å². The Morgan fingerprint density at radius 1 is 1.05 bits per heavy atom. The van der Waals surface area contributed by atoms with Gasteiger partial charge in [0.05, 0.1) is 23.8 Å². The van der Waals surface area contributed by atoms with Gasteiger partial charge in [-0.2, -0.15) is 13.2 Å². The van der Waals surface area contributed by atoms with Gasteiger partial charge in [0, 0.05) is 35.7 Å². The third-order valence-corrected chi connectivity index (χ3v) is 8.70. The van der Waals surface area contributed by atoms with Crippen molar-refractivity contribution in [3.05, 3.63) is 89.6 Å². The summed E-state index contributed by atoms with van der Waals surface area (Å²) in [6, 6.07) is 18.9. The molecule has 0 bridgehead atoms. The van der Waals surface area contributed by atoms with Gasteiger partial charge in [0.1, 0.15) is 6.04 Å². The first-order valence-electron chi connectivity index (χ1n) is 14.0. The average Bonchev–Trinajstić information content (AvgIpc) is 3.51. The van der Waals surface area contributed by atoms with Gasteiger partial charge in [-0.3, -0.25) is 9.59 Å². The van der Waals surface area contributed by atoms with Crippen molar-refractivity contribution in [1.82, 2.24) is 9.88 Å². The van der Waals surface area contributed by atoms with E-state index in [1.165, 1.54) is 0 Å². The molecule has 8 nitrogen and oxygen atoms in total. The molecule has 3 heterocycles. The number of carbonyl (C=O) groups is 2. The number of hydrogen-bond acceptors (Lipinski definition) is 7. The lowest BCUT2D eigenvalue weighted by Gasteiger charge is -2.41. The van der Waals surface area contributed by atoms with Gasteiger partial charge in [-0.15, -0.1) is 11.8 Å². The Balaban J connectivity index is 1.30. The molecule has 0 saturated carbocycles. The van der Waals surface area contributed by atoms with E-state index in [4.69, 9.17) is 9.47 Å². The van der Waals surface area contributed by atoms with Crippen LogP contribution in [0.3, 0.4) is 0 Å². The fraction of sp³-hybridized carbons (Fsp3) is 0.387. The van der Waals surface area contributed by atoms with E-state index in [2.05, 4.69) is 17.2 Å². The van der Waals surface area contributed by atoms with Crippen molar-refractivity contribution in [1.29, 1.82) is 0 Å². The van der Waals surface area contributed by atoms with Crippen LogP contribution >= 0.6 is 11.8 Å². The smallest absolute Gasteiger partial charge is 0.392 e. The van der Waals surface area contributed by atoms with Crippen molar-refractivity contribution in [2.24, 2.45) is 5.92 Å². The zero-order chi connectivity index (χ0) is 30.6. The van der Waals surface area contributed by atoms with Crippen molar-refractivity contribution in [2.75, 3.05) is 17.6 Å². The van der Waals surface area contributed by atoms with Gasteiger partial charge in [0.15, 0.2) is 6.29 Å². The number of ether oxygens (including phenoxy) is 2. The number of hydrogen-bond donors (Lipinski definition) is 2. The van der Waals surface area contributed by atoms with Crippen LogP contribution in [0.5, 0.6) is 0 Å².